The van der Waals surface area contributed by atoms with Crippen molar-refractivity contribution in [2.45, 2.75) is 6.42 Å². The van der Waals surface area contributed by atoms with Crippen LogP contribution in [0.2, 0.25) is 0 Å². The van der Waals surface area contributed by atoms with E-state index >= 15 is 0 Å². The van der Waals surface area contributed by atoms with Crippen LogP contribution in [0.5, 0.6) is 0 Å². The van der Waals surface area contributed by atoms with E-state index in [1.54, 1.807) is 30.3 Å². The molecule has 0 saturated heterocycles. The molecule has 3 aromatic rings. The molecule has 4 heteroatoms. The quantitative estimate of drug-likeness (QED) is 0.750. The van der Waals surface area contributed by atoms with Crippen molar-refractivity contribution in [3.05, 3.63) is 101 Å². The molecule has 124 valence electrons. The van der Waals surface area contributed by atoms with E-state index in [2.05, 4.69) is 5.32 Å². The number of nitrogens with two attached hydrogens (primary N) is 1. The van der Waals surface area contributed by atoms with Crippen LogP contribution in [0.25, 0.3) is 0 Å². The highest BCUT2D eigenvalue weighted by Crippen LogP contribution is 2.17. The van der Waals surface area contributed by atoms with E-state index in [0.717, 1.165) is 11.1 Å². The lowest BCUT2D eigenvalue weighted by Crippen LogP contribution is -2.16. The van der Waals surface area contributed by atoms with Crippen molar-refractivity contribution in [2.75, 3.05) is 5.32 Å². The smallest absolute Gasteiger partial charge is 0.255 e. The first-order valence-electron chi connectivity index (χ1n) is 7.96. The average molecular weight is 330 g/mol. The predicted molar refractivity (Wildman–Crippen MR) is 98.6 cm³/mol. The Kier molecular flexibility index (Phi) is 4.90. The van der Waals surface area contributed by atoms with Gasteiger partial charge in [0.05, 0.1) is 0 Å². The third-order valence-corrected chi connectivity index (χ3v) is 3.90. The molecule has 0 atom stereocenters. The SMILES string of the molecule is NC(=O)c1cccc(NC(=O)c2ccccc2Cc2ccccc2)c1. The fraction of sp³-hybridized carbons (Fsp3) is 0.0476. The average Bonchev–Trinajstić information content (AvgIpc) is 2.63. The van der Waals surface area contributed by atoms with E-state index < -0.39 is 5.91 Å². The Morgan fingerprint density at radius 2 is 1.56 bits per heavy atom. The van der Waals surface area contributed by atoms with E-state index in [1.165, 1.54) is 0 Å². The van der Waals surface area contributed by atoms with E-state index in [0.29, 0.717) is 23.2 Å². The zero-order chi connectivity index (χ0) is 17.6. The van der Waals surface area contributed by atoms with Crippen LogP contribution in [-0.2, 0) is 6.42 Å². The highest BCUT2D eigenvalue weighted by Gasteiger charge is 2.12. The summed E-state index contributed by atoms with van der Waals surface area (Å²) in [5.41, 5.74) is 8.86. The topological polar surface area (TPSA) is 72.2 Å². The number of carbonyl (C=O) groups excluding carboxylic acids is 2. The Hall–Kier alpha value is -3.40. The number of primary amides is 1. The highest BCUT2D eigenvalue weighted by molar-refractivity contribution is 6.06. The summed E-state index contributed by atoms with van der Waals surface area (Å²) in [5, 5.41) is 2.83. The first-order chi connectivity index (χ1) is 12.1. The molecule has 3 rings (SSSR count). The molecule has 0 unspecified atom stereocenters. The van der Waals surface area contributed by atoms with Crippen LogP contribution in [0, 0.1) is 0 Å². The predicted octanol–water partition coefficient (Wildman–Crippen LogP) is 3.63. The Bertz CT molecular complexity index is 905. The maximum atomic E-state index is 12.7. The van der Waals surface area contributed by atoms with Gasteiger partial charge in [-0.15, -0.1) is 0 Å². The molecule has 0 radical (unpaired) electrons. The number of rotatable bonds is 5. The van der Waals surface area contributed by atoms with Crippen molar-refractivity contribution < 1.29 is 9.59 Å². The number of anilines is 1. The van der Waals surface area contributed by atoms with Crippen LogP contribution in [0.3, 0.4) is 0 Å². The molecule has 0 aromatic heterocycles. The summed E-state index contributed by atoms with van der Waals surface area (Å²) in [6, 6.07) is 24.1. The lowest BCUT2D eigenvalue weighted by Gasteiger charge is -2.11. The first kappa shape index (κ1) is 16.5. The molecule has 3 aromatic carbocycles. The minimum atomic E-state index is -0.527. The van der Waals surface area contributed by atoms with Crippen LogP contribution in [0.1, 0.15) is 31.8 Å². The van der Waals surface area contributed by atoms with Gasteiger partial charge in [0.15, 0.2) is 0 Å². The van der Waals surface area contributed by atoms with Gasteiger partial charge in [-0.2, -0.15) is 0 Å². The molecule has 0 aliphatic rings. The van der Waals surface area contributed by atoms with Crippen molar-refractivity contribution >= 4 is 17.5 Å². The molecule has 0 saturated carbocycles. The summed E-state index contributed by atoms with van der Waals surface area (Å²) < 4.78 is 0. The van der Waals surface area contributed by atoms with Gasteiger partial charge in [0.25, 0.3) is 5.91 Å². The number of nitrogens with one attached hydrogen (secondary N) is 1. The van der Waals surface area contributed by atoms with Crippen molar-refractivity contribution in [1.82, 2.24) is 0 Å². The molecule has 4 nitrogen and oxygen atoms in total. The summed E-state index contributed by atoms with van der Waals surface area (Å²) in [6.45, 7) is 0. The van der Waals surface area contributed by atoms with Crippen molar-refractivity contribution in [3.8, 4) is 0 Å². The van der Waals surface area contributed by atoms with Crippen molar-refractivity contribution in [3.63, 3.8) is 0 Å². The van der Waals surface area contributed by atoms with Gasteiger partial charge < -0.3 is 11.1 Å². The van der Waals surface area contributed by atoms with E-state index in [9.17, 15) is 9.59 Å². The zero-order valence-corrected chi connectivity index (χ0v) is 13.6. The van der Waals surface area contributed by atoms with Gasteiger partial charge in [-0.05, 0) is 41.8 Å². The standard InChI is InChI=1S/C21H18N2O2/c22-20(24)17-10-6-11-18(14-17)23-21(25)19-12-5-4-9-16(19)13-15-7-2-1-3-8-15/h1-12,14H,13H2,(H2,22,24)(H,23,25). The van der Waals surface area contributed by atoms with Gasteiger partial charge in [-0.3, -0.25) is 9.59 Å². The maximum Gasteiger partial charge on any atom is 0.255 e. The second kappa shape index (κ2) is 7.45. The Labute approximate surface area is 146 Å². The number of hydrogen-bond acceptors (Lipinski definition) is 2. The largest absolute Gasteiger partial charge is 0.366 e. The van der Waals surface area contributed by atoms with Gasteiger partial charge in [-0.1, -0.05) is 54.6 Å². The van der Waals surface area contributed by atoms with Gasteiger partial charge in [0, 0.05) is 16.8 Å². The van der Waals surface area contributed by atoms with Gasteiger partial charge in [0.2, 0.25) is 5.91 Å². The molecule has 0 aliphatic carbocycles. The molecule has 2 amide bonds. The molecule has 3 N–H and O–H groups in total. The number of benzene rings is 3. The van der Waals surface area contributed by atoms with Crippen LogP contribution >= 0.6 is 0 Å². The van der Waals surface area contributed by atoms with E-state index in [1.807, 2.05) is 48.5 Å². The summed E-state index contributed by atoms with van der Waals surface area (Å²) in [7, 11) is 0. The highest BCUT2D eigenvalue weighted by atomic mass is 16.2. The monoisotopic (exact) mass is 330 g/mol. The van der Waals surface area contributed by atoms with Gasteiger partial charge in [0.1, 0.15) is 0 Å². The minimum absolute atomic E-state index is 0.215. The maximum absolute atomic E-state index is 12.7. The van der Waals surface area contributed by atoms with E-state index in [-0.39, 0.29) is 5.91 Å². The van der Waals surface area contributed by atoms with Crippen LogP contribution < -0.4 is 11.1 Å². The molecule has 0 fully saturated rings. The second-order valence-corrected chi connectivity index (χ2v) is 5.72. The Balaban J connectivity index is 1.83. The summed E-state index contributed by atoms with van der Waals surface area (Å²) in [6.07, 6.45) is 0.672. The lowest BCUT2D eigenvalue weighted by atomic mass is 9.99. The number of hydrogen-bond donors (Lipinski definition) is 2. The summed E-state index contributed by atoms with van der Waals surface area (Å²) in [4.78, 5) is 24.0. The lowest BCUT2D eigenvalue weighted by molar-refractivity contribution is 0.0996. The Morgan fingerprint density at radius 1 is 0.840 bits per heavy atom. The summed E-state index contributed by atoms with van der Waals surface area (Å²) in [5.74, 6) is -0.742. The molecule has 0 heterocycles. The fourth-order valence-corrected chi connectivity index (χ4v) is 2.66. The molecule has 0 spiro atoms. The van der Waals surface area contributed by atoms with E-state index in [4.69, 9.17) is 5.73 Å². The normalized spacial score (nSPS) is 10.2. The van der Waals surface area contributed by atoms with Crippen LogP contribution in [0.15, 0.2) is 78.9 Å². The third kappa shape index (κ3) is 4.12. The number of carbonyl (C=O) groups is 2. The fourth-order valence-electron chi connectivity index (χ4n) is 2.66. The van der Waals surface area contributed by atoms with Crippen LogP contribution in [-0.4, -0.2) is 11.8 Å². The van der Waals surface area contributed by atoms with Crippen molar-refractivity contribution in [2.24, 2.45) is 5.73 Å². The molecular formula is C21H18N2O2. The molecule has 25 heavy (non-hydrogen) atoms. The van der Waals surface area contributed by atoms with Crippen molar-refractivity contribution in [1.29, 1.82) is 0 Å². The first-order valence-corrected chi connectivity index (χ1v) is 7.96. The third-order valence-electron chi connectivity index (χ3n) is 3.90. The minimum Gasteiger partial charge on any atom is -0.366 e. The molecular weight excluding hydrogens is 312 g/mol. The van der Waals surface area contributed by atoms with Gasteiger partial charge >= 0.3 is 0 Å². The number of amides is 2. The van der Waals surface area contributed by atoms with Gasteiger partial charge in [-0.25, -0.2) is 0 Å². The summed E-state index contributed by atoms with van der Waals surface area (Å²) >= 11 is 0. The van der Waals surface area contributed by atoms with Crippen LogP contribution in [0.4, 0.5) is 5.69 Å². The Morgan fingerprint density at radius 3 is 2.32 bits per heavy atom. The zero-order valence-electron chi connectivity index (χ0n) is 13.6. The molecule has 0 aliphatic heterocycles. The molecule has 0 bridgehead atoms. The second-order valence-electron chi connectivity index (χ2n) is 5.72.